The molecule has 4 nitrogen and oxygen atoms in total. The minimum absolute atomic E-state index is 0.763. The summed E-state index contributed by atoms with van der Waals surface area (Å²) in [5.74, 6) is 1.07. The lowest BCUT2D eigenvalue weighted by Crippen LogP contribution is -2.47. The van der Waals surface area contributed by atoms with Crippen molar-refractivity contribution in [2.24, 2.45) is 4.99 Å². The molecule has 2 aromatic rings. The van der Waals surface area contributed by atoms with E-state index >= 15 is 0 Å². The number of hydrogen-bond acceptors (Lipinski definition) is 4. The van der Waals surface area contributed by atoms with E-state index in [4.69, 9.17) is 4.99 Å². The van der Waals surface area contributed by atoms with Gasteiger partial charge >= 0.3 is 0 Å². The van der Waals surface area contributed by atoms with Crippen LogP contribution < -0.4 is 4.90 Å². The van der Waals surface area contributed by atoms with Crippen LogP contribution in [0.5, 0.6) is 0 Å². The van der Waals surface area contributed by atoms with E-state index in [1.54, 1.807) is 0 Å². The van der Waals surface area contributed by atoms with Crippen LogP contribution in [0.4, 0.5) is 5.69 Å². The van der Waals surface area contributed by atoms with E-state index in [1.807, 2.05) is 0 Å². The Labute approximate surface area is 157 Å². The van der Waals surface area contributed by atoms with Crippen LogP contribution >= 0.6 is 0 Å². The Kier molecular flexibility index (Phi) is 6.07. The number of rotatable bonds is 6. The van der Waals surface area contributed by atoms with Crippen LogP contribution in [0.3, 0.4) is 0 Å². The standard InChI is InChI=1S/C22H30N4/c1-18-11-12-19(2)21(15-18)26-17-25(14-8-13-24(3)4)16-23-22(26)20-9-6-5-7-10-20/h5-7,9-12,15H,8,13-14,16-17H2,1-4H3. The monoisotopic (exact) mass is 350 g/mol. The zero-order valence-corrected chi connectivity index (χ0v) is 16.4. The summed E-state index contributed by atoms with van der Waals surface area (Å²) in [4.78, 5) is 12.0. The highest BCUT2D eigenvalue weighted by Crippen LogP contribution is 2.26. The molecule has 0 bridgehead atoms. The zero-order valence-electron chi connectivity index (χ0n) is 16.4. The summed E-state index contributed by atoms with van der Waals surface area (Å²) in [6, 6.07) is 17.2. The molecule has 0 saturated carbocycles. The van der Waals surface area contributed by atoms with Crippen molar-refractivity contribution >= 4 is 11.5 Å². The van der Waals surface area contributed by atoms with Gasteiger partial charge in [-0.3, -0.25) is 9.89 Å². The molecule has 0 spiro atoms. The molecule has 2 aromatic carbocycles. The molecule has 26 heavy (non-hydrogen) atoms. The number of amidine groups is 1. The molecule has 1 heterocycles. The van der Waals surface area contributed by atoms with E-state index in [-0.39, 0.29) is 0 Å². The topological polar surface area (TPSA) is 22.1 Å². The van der Waals surface area contributed by atoms with Crippen LogP contribution in [0.25, 0.3) is 0 Å². The van der Waals surface area contributed by atoms with Crippen molar-refractivity contribution in [2.75, 3.05) is 45.4 Å². The molecule has 0 atom stereocenters. The third kappa shape index (κ3) is 4.51. The maximum absolute atomic E-state index is 4.96. The summed E-state index contributed by atoms with van der Waals surface area (Å²) in [5.41, 5.74) is 5.00. The molecule has 0 N–H and O–H groups in total. The second-order valence-corrected chi connectivity index (χ2v) is 7.40. The number of anilines is 1. The van der Waals surface area contributed by atoms with Crippen molar-refractivity contribution in [3.05, 3.63) is 65.2 Å². The first-order valence-electron chi connectivity index (χ1n) is 9.36. The van der Waals surface area contributed by atoms with Gasteiger partial charge in [-0.2, -0.15) is 0 Å². The smallest absolute Gasteiger partial charge is 0.137 e. The summed E-state index contributed by atoms with van der Waals surface area (Å²) in [6.45, 7) is 8.15. The Bertz CT molecular complexity index is 752. The molecule has 0 radical (unpaired) electrons. The molecule has 1 aliphatic rings. The number of hydrogen-bond donors (Lipinski definition) is 0. The lowest BCUT2D eigenvalue weighted by molar-refractivity contribution is 0.261. The Morgan fingerprint density at radius 2 is 1.81 bits per heavy atom. The molecule has 0 aromatic heterocycles. The predicted octanol–water partition coefficient (Wildman–Crippen LogP) is 3.74. The van der Waals surface area contributed by atoms with E-state index in [0.717, 1.165) is 38.7 Å². The molecule has 3 rings (SSSR count). The molecule has 4 heteroatoms. The molecule has 138 valence electrons. The predicted molar refractivity (Wildman–Crippen MR) is 111 cm³/mol. The minimum atomic E-state index is 0.763. The van der Waals surface area contributed by atoms with E-state index in [2.05, 4.69) is 91.2 Å². The van der Waals surface area contributed by atoms with Crippen LogP contribution in [0.1, 0.15) is 23.1 Å². The minimum Gasteiger partial charge on any atom is -0.312 e. The fourth-order valence-electron chi connectivity index (χ4n) is 3.35. The van der Waals surface area contributed by atoms with Crippen LogP contribution in [-0.2, 0) is 0 Å². The molecular formula is C22H30N4. The summed E-state index contributed by atoms with van der Waals surface area (Å²) in [6.07, 6.45) is 1.16. The Balaban J connectivity index is 1.89. The van der Waals surface area contributed by atoms with Gasteiger partial charge in [-0.25, -0.2) is 0 Å². The average Bonchev–Trinajstić information content (AvgIpc) is 2.64. The maximum atomic E-state index is 4.96. The number of aryl methyl sites for hydroxylation is 2. The molecule has 0 aliphatic carbocycles. The maximum Gasteiger partial charge on any atom is 0.137 e. The lowest BCUT2D eigenvalue weighted by Gasteiger charge is -2.37. The van der Waals surface area contributed by atoms with Crippen molar-refractivity contribution in [3.8, 4) is 0 Å². The van der Waals surface area contributed by atoms with Crippen LogP contribution in [0.15, 0.2) is 53.5 Å². The highest BCUT2D eigenvalue weighted by molar-refractivity contribution is 6.10. The van der Waals surface area contributed by atoms with E-state index in [9.17, 15) is 0 Å². The third-order valence-corrected chi connectivity index (χ3v) is 4.78. The van der Waals surface area contributed by atoms with Gasteiger partial charge in [0, 0.05) is 17.8 Å². The first-order chi connectivity index (χ1) is 12.5. The van der Waals surface area contributed by atoms with Gasteiger partial charge in [0.05, 0.1) is 13.3 Å². The zero-order chi connectivity index (χ0) is 18.5. The van der Waals surface area contributed by atoms with Crippen molar-refractivity contribution in [1.29, 1.82) is 0 Å². The third-order valence-electron chi connectivity index (χ3n) is 4.78. The van der Waals surface area contributed by atoms with Crippen LogP contribution in [0, 0.1) is 13.8 Å². The molecule has 0 saturated heterocycles. The summed E-state index contributed by atoms with van der Waals surface area (Å²) < 4.78 is 0. The summed E-state index contributed by atoms with van der Waals surface area (Å²) in [7, 11) is 4.26. The van der Waals surface area contributed by atoms with Gasteiger partial charge in [0.2, 0.25) is 0 Å². The largest absolute Gasteiger partial charge is 0.312 e. The van der Waals surface area contributed by atoms with Gasteiger partial charge in [-0.05, 0) is 58.1 Å². The van der Waals surface area contributed by atoms with Gasteiger partial charge in [0.1, 0.15) is 5.84 Å². The van der Waals surface area contributed by atoms with Gasteiger partial charge in [0.15, 0.2) is 0 Å². The first-order valence-corrected chi connectivity index (χ1v) is 9.36. The van der Waals surface area contributed by atoms with Gasteiger partial charge in [0.25, 0.3) is 0 Å². The van der Waals surface area contributed by atoms with Crippen molar-refractivity contribution in [2.45, 2.75) is 20.3 Å². The van der Waals surface area contributed by atoms with Crippen LogP contribution in [-0.4, -0.2) is 56.2 Å². The molecule has 1 aliphatic heterocycles. The average molecular weight is 351 g/mol. The highest BCUT2D eigenvalue weighted by Gasteiger charge is 2.24. The van der Waals surface area contributed by atoms with Crippen molar-refractivity contribution in [1.82, 2.24) is 9.80 Å². The molecule has 0 amide bonds. The quantitative estimate of drug-likeness (QED) is 0.792. The highest BCUT2D eigenvalue weighted by atomic mass is 15.4. The Morgan fingerprint density at radius 3 is 2.54 bits per heavy atom. The van der Waals surface area contributed by atoms with Gasteiger partial charge in [-0.1, -0.05) is 42.5 Å². The number of benzene rings is 2. The summed E-state index contributed by atoms with van der Waals surface area (Å²) in [5, 5.41) is 0. The normalized spacial score (nSPS) is 15.4. The SMILES string of the molecule is Cc1ccc(C)c(N2CN(CCCN(C)C)CN=C2c2ccccc2)c1. The van der Waals surface area contributed by atoms with Gasteiger partial charge in [-0.15, -0.1) is 0 Å². The number of nitrogens with zero attached hydrogens (tertiary/aromatic N) is 4. The first kappa shape index (κ1) is 18.6. The molecule has 0 fully saturated rings. The van der Waals surface area contributed by atoms with Gasteiger partial charge < -0.3 is 9.80 Å². The lowest BCUT2D eigenvalue weighted by atomic mass is 10.1. The van der Waals surface area contributed by atoms with E-state index in [0.29, 0.717) is 0 Å². The van der Waals surface area contributed by atoms with E-state index in [1.165, 1.54) is 22.4 Å². The molecule has 0 unspecified atom stereocenters. The fraction of sp³-hybridized carbons (Fsp3) is 0.409. The summed E-state index contributed by atoms with van der Waals surface area (Å²) >= 11 is 0. The van der Waals surface area contributed by atoms with Crippen LogP contribution in [0.2, 0.25) is 0 Å². The second kappa shape index (κ2) is 8.47. The fourth-order valence-corrected chi connectivity index (χ4v) is 3.35. The van der Waals surface area contributed by atoms with E-state index < -0.39 is 0 Å². The second-order valence-electron chi connectivity index (χ2n) is 7.40. The number of aliphatic imine (C=N–C) groups is 1. The Hall–Kier alpha value is -2.17. The molecular weight excluding hydrogens is 320 g/mol. The van der Waals surface area contributed by atoms with Crippen molar-refractivity contribution < 1.29 is 0 Å². The van der Waals surface area contributed by atoms with Crippen molar-refractivity contribution in [3.63, 3.8) is 0 Å². The Morgan fingerprint density at radius 1 is 1.04 bits per heavy atom.